The van der Waals surface area contributed by atoms with Gasteiger partial charge >= 0.3 is 0 Å². The first-order chi connectivity index (χ1) is 9.19. The van der Waals surface area contributed by atoms with E-state index in [1.165, 1.54) is 41.0 Å². The molecule has 0 spiro atoms. The number of hydrogen-bond acceptors (Lipinski definition) is 3. The highest BCUT2D eigenvalue weighted by molar-refractivity contribution is 9.10. The van der Waals surface area contributed by atoms with Gasteiger partial charge in [-0.1, -0.05) is 22.0 Å². The Morgan fingerprint density at radius 2 is 2.26 bits per heavy atom. The summed E-state index contributed by atoms with van der Waals surface area (Å²) < 4.78 is 1.13. The number of halogens is 1. The molecule has 0 saturated heterocycles. The van der Waals surface area contributed by atoms with Gasteiger partial charge in [0.1, 0.15) is 5.01 Å². The van der Waals surface area contributed by atoms with Gasteiger partial charge in [0, 0.05) is 14.9 Å². The molecule has 2 aromatic rings. The summed E-state index contributed by atoms with van der Waals surface area (Å²) in [6.45, 7) is 2.15. The number of benzene rings is 1. The molecule has 1 aliphatic carbocycles. The number of thiazole rings is 1. The summed E-state index contributed by atoms with van der Waals surface area (Å²) in [4.78, 5) is 6.37. The summed E-state index contributed by atoms with van der Waals surface area (Å²) >= 11 is 5.38. The average molecular weight is 337 g/mol. The van der Waals surface area contributed by atoms with Gasteiger partial charge in [-0.2, -0.15) is 0 Å². The quantitative estimate of drug-likeness (QED) is 0.874. The summed E-state index contributed by atoms with van der Waals surface area (Å²) in [5, 5.41) is 4.55. The Bertz CT molecular complexity index is 606. The smallest absolute Gasteiger partial charge is 0.124 e. The van der Waals surface area contributed by atoms with Crippen LogP contribution in [0, 0.1) is 6.92 Å². The zero-order valence-electron chi connectivity index (χ0n) is 11.2. The second-order valence-corrected chi connectivity index (χ2v) is 7.02. The zero-order valence-corrected chi connectivity index (χ0v) is 13.6. The molecule has 3 rings (SSSR count). The normalized spacial score (nSPS) is 18.4. The molecule has 0 aliphatic heterocycles. The van der Waals surface area contributed by atoms with Crippen molar-refractivity contribution in [3.63, 3.8) is 0 Å². The van der Waals surface area contributed by atoms with Crippen molar-refractivity contribution in [1.82, 2.24) is 10.3 Å². The number of aromatic nitrogens is 1. The van der Waals surface area contributed by atoms with Crippen molar-refractivity contribution in [2.24, 2.45) is 0 Å². The summed E-state index contributed by atoms with van der Waals surface area (Å²) in [6.07, 6.45) is 3.65. The van der Waals surface area contributed by atoms with E-state index < -0.39 is 0 Å². The van der Waals surface area contributed by atoms with Gasteiger partial charge in [-0.25, -0.2) is 4.98 Å². The Labute approximate surface area is 126 Å². The Balaban J connectivity index is 2.05. The van der Waals surface area contributed by atoms with Crippen LogP contribution in [0.3, 0.4) is 0 Å². The number of aryl methyl sites for hydroxylation is 2. The molecule has 0 bridgehead atoms. The molecule has 4 heteroatoms. The van der Waals surface area contributed by atoms with E-state index in [1.54, 1.807) is 0 Å². The predicted octanol–water partition coefficient (Wildman–Crippen LogP) is 4.48. The molecular weight excluding hydrogens is 320 g/mol. The molecule has 1 aromatic carbocycles. The van der Waals surface area contributed by atoms with Crippen LogP contribution in [0.5, 0.6) is 0 Å². The van der Waals surface area contributed by atoms with Crippen molar-refractivity contribution in [2.45, 2.75) is 32.2 Å². The molecule has 19 heavy (non-hydrogen) atoms. The third-order valence-corrected chi connectivity index (χ3v) is 5.38. The Morgan fingerprint density at radius 1 is 1.42 bits per heavy atom. The van der Waals surface area contributed by atoms with Crippen LogP contribution in [0.4, 0.5) is 0 Å². The van der Waals surface area contributed by atoms with Crippen molar-refractivity contribution in [3.8, 4) is 10.6 Å². The molecule has 0 fully saturated rings. The SMILES string of the molecule is CNC1CCCc2sc(-c3ccc(Br)cc3C)nc21. The third-order valence-electron chi connectivity index (χ3n) is 3.72. The fourth-order valence-electron chi connectivity index (χ4n) is 2.68. The van der Waals surface area contributed by atoms with Crippen molar-refractivity contribution in [2.75, 3.05) is 7.05 Å². The Kier molecular flexibility index (Phi) is 3.74. The minimum atomic E-state index is 0.435. The fourth-order valence-corrected chi connectivity index (χ4v) is 4.41. The molecular formula is C15H17BrN2S. The highest BCUT2D eigenvalue weighted by Crippen LogP contribution is 2.38. The maximum Gasteiger partial charge on any atom is 0.124 e. The lowest BCUT2D eigenvalue weighted by molar-refractivity contribution is 0.490. The van der Waals surface area contributed by atoms with Crippen LogP contribution in [0.1, 0.15) is 35.0 Å². The molecule has 1 aliphatic rings. The van der Waals surface area contributed by atoms with E-state index in [0.29, 0.717) is 6.04 Å². The minimum absolute atomic E-state index is 0.435. The number of fused-ring (bicyclic) bond motifs is 1. The van der Waals surface area contributed by atoms with Crippen molar-refractivity contribution >= 4 is 27.3 Å². The molecule has 0 saturated carbocycles. The Hall–Kier alpha value is -0.710. The monoisotopic (exact) mass is 336 g/mol. The van der Waals surface area contributed by atoms with Gasteiger partial charge in [0.05, 0.1) is 11.7 Å². The molecule has 0 radical (unpaired) electrons. The largest absolute Gasteiger partial charge is 0.312 e. The van der Waals surface area contributed by atoms with E-state index in [-0.39, 0.29) is 0 Å². The standard InChI is InChI=1S/C15H17BrN2S/c1-9-8-10(16)6-7-11(9)15-18-14-12(17-2)4-3-5-13(14)19-15/h6-8,12,17H,3-5H2,1-2H3. The van der Waals surface area contributed by atoms with E-state index in [2.05, 4.69) is 46.4 Å². The highest BCUT2D eigenvalue weighted by Gasteiger charge is 2.24. The van der Waals surface area contributed by atoms with E-state index in [0.717, 1.165) is 9.48 Å². The molecule has 1 unspecified atom stereocenters. The first kappa shape index (κ1) is 13.3. The van der Waals surface area contributed by atoms with Crippen LogP contribution < -0.4 is 5.32 Å². The van der Waals surface area contributed by atoms with Gasteiger partial charge in [-0.3, -0.25) is 0 Å². The van der Waals surface area contributed by atoms with Gasteiger partial charge in [-0.05, 0) is 50.9 Å². The maximum absolute atomic E-state index is 4.90. The van der Waals surface area contributed by atoms with E-state index in [4.69, 9.17) is 4.98 Å². The zero-order chi connectivity index (χ0) is 13.4. The van der Waals surface area contributed by atoms with Crippen LogP contribution in [-0.4, -0.2) is 12.0 Å². The van der Waals surface area contributed by atoms with Gasteiger partial charge in [0.25, 0.3) is 0 Å². The molecule has 0 amide bonds. The average Bonchev–Trinajstić information content (AvgIpc) is 2.81. The summed E-state index contributed by atoms with van der Waals surface area (Å²) in [5.41, 5.74) is 3.81. The summed E-state index contributed by atoms with van der Waals surface area (Å²) in [6, 6.07) is 6.85. The third kappa shape index (κ3) is 2.49. The number of nitrogens with zero attached hydrogens (tertiary/aromatic N) is 1. The van der Waals surface area contributed by atoms with Crippen molar-refractivity contribution in [3.05, 3.63) is 38.8 Å². The summed E-state index contributed by atoms with van der Waals surface area (Å²) in [7, 11) is 2.03. The number of rotatable bonds is 2. The maximum atomic E-state index is 4.90. The predicted molar refractivity (Wildman–Crippen MR) is 84.7 cm³/mol. The first-order valence-electron chi connectivity index (χ1n) is 6.62. The number of nitrogens with one attached hydrogen (secondary N) is 1. The summed E-state index contributed by atoms with van der Waals surface area (Å²) in [5.74, 6) is 0. The second-order valence-electron chi connectivity index (χ2n) is 5.02. The molecule has 1 aromatic heterocycles. The van der Waals surface area contributed by atoms with Crippen LogP contribution in [0.25, 0.3) is 10.6 Å². The van der Waals surface area contributed by atoms with Crippen molar-refractivity contribution < 1.29 is 0 Å². The van der Waals surface area contributed by atoms with E-state index >= 15 is 0 Å². The lowest BCUT2D eigenvalue weighted by atomic mass is 9.98. The minimum Gasteiger partial charge on any atom is -0.312 e. The van der Waals surface area contributed by atoms with Crippen LogP contribution in [0.15, 0.2) is 22.7 Å². The van der Waals surface area contributed by atoms with Gasteiger partial charge in [0.2, 0.25) is 0 Å². The molecule has 1 N–H and O–H groups in total. The molecule has 2 nitrogen and oxygen atoms in total. The van der Waals surface area contributed by atoms with Gasteiger partial charge < -0.3 is 5.32 Å². The number of hydrogen-bond donors (Lipinski definition) is 1. The lowest BCUT2D eigenvalue weighted by Crippen LogP contribution is -2.21. The fraction of sp³-hybridized carbons (Fsp3) is 0.400. The second kappa shape index (κ2) is 5.35. The van der Waals surface area contributed by atoms with Crippen LogP contribution >= 0.6 is 27.3 Å². The molecule has 1 atom stereocenters. The van der Waals surface area contributed by atoms with E-state index in [1.807, 2.05) is 18.4 Å². The Morgan fingerprint density at radius 3 is 3.00 bits per heavy atom. The van der Waals surface area contributed by atoms with Gasteiger partial charge in [-0.15, -0.1) is 11.3 Å². The van der Waals surface area contributed by atoms with E-state index in [9.17, 15) is 0 Å². The molecule has 100 valence electrons. The highest BCUT2D eigenvalue weighted by atomic mass is 79.9. The van der Waals surface area contributed by atoms with Gasteiger partial charge in [0.15, 0.2) is 0 Å². The van der Waals surface area contributed by atoms with Crippen LogP contribution in [0.2, 0.25) is 0 Å². The first-order valence-corrected chi connectivity index (χ1v) is 8.23. The molecule has 1 heterocycles. The lowest BCUT2D eigenvalue weighted by Gasteiger charge is -2.19. The van der Waals surface area contributed by atoms with Crippen molar-refractivity contribution in [1.29, 1.82) is 0 Å². The van der Waals surface area contributed by atoms with Crippen LogP contribution in [-0.2, 0) is 6.42 Å². The topological polar surface area (TPSA) is 24.9 Å².